The van der Waals surface area contributed by atoms with Crippen LogP contribution < -0.4 is 10.2 Å². The number of hydrogen-bond donors (Lipinski definition) is 1. The van der Waals surface area contributed by atoms with E-state index in [1.54, 1.807) is 0 Å². The first-order valence-corrected chi connectivity index (χ1v) is 5.72. The van der Waals surface area contributed by atoms with Crippen molar-refractivity contribution in [1.29, 1.82) is 0 Å². The Morgan fingerprint density at radius 2 is 2.06 bits per heavy atom. The van der Waals surface area contributed by atoms with Gasteiger partial charge in [-0.05, 0) is 18.6 Å². The summed E-state index contributed by atoms with van der Waals surface area (Å²) < 4.78 is 4.59. The second kappa shape index (κ2) is 6.78. The molecule has 0 radical (unpaired) electrons. The van der Waals surface area contributed by atoms with Crippen molar-refractivity contribution in [1.82, 2.24) is 0 Å². The zero-order chi connectivity index (χ0) is 12.7. The number of nitrogens with zero attached hydrogens (tertiary/aromatic N) is 1. The number of carbonyl (C=O) groups excluding carboxylic acids is 1. The molecule has 0 aliphatic rings. The number of hydrogen-bond acceptors (Lipinski definition) is 4. The minimum absolute atomic E-state index is 0.160. The lowest BCUT2D eigenvalue weighted by Crippen LogP contribution is -2.13. The molecule has 0 bridgehead atoms. The zero-order valence-corrected chi connectivity index (χ0v) is 10.7. The Morgan fingerprint density at radius 1 is 1.35 bits per heavy atom. The summed E-state index contributed by atoms with van der Waals surface area (Å²) in [4.78, 5) is 13.0. The van der Waals surface area contributed by atoms with Crippen LogP contribution in [0, 0.1) is 0 Å². The summed E-state index contributed by atoms with van der Waals surface area (Å²) in [5, 5.41) is 3.32. The molecule has 0 aliphatic carbocycles. The van der Waals surface area contributed by atoms with Gasteiger partial charge in [0.15, 0.2) is 0 Å². The van der Waals surface area contributed by atoms with Crippen LogP contribution in [0.4, 0.5) is 11.4 Å². The lowest BCUT2D eigenvalue weighted by atomic mass is 10.2. The molecule has 0 aliphatic heterocycles. The van der Waals surface area contributed by atoms with Crippen molar-refractivity contribution in [3.05, 3.63) is 24.3 Å². The van der Waals surface area contributed by atoms with Gasteiger partial charge in [0, 0.05) is 27.1 Å². The minimum atomic E-state index is -0.160. The molecule has 0 spiro atoms. The van der Waals surface area contributed by atoms with Crippen LogP contribution in [0.1, 0.15) is 12.8 Å². The number of nitrogens with one attached hydrogen (secondary N) is 1. The van der Waals surface area contributed by atoms with Gasteiger partial charge in [-0.15, -0.1) is 0 Å². The van der Waals surface area contributed by atoms with Gasteiger partial charge in [-0.3, -0.25) is 4.79 Å². The Bertz CT molecular complexity index is 364. The number of anilines is 2. The van der Waals surface area contributed by atoms with Crippen LogP contribution in [0.5, 0.6) is 0 Å². The Hall–Kier alpha value is -1.71. The molecule has 4 heteroatoms. The average molecular weight is 236 g/mol. The zero-order valence-electron chi connectivity index (χ0n) is 10.7. The molecule has 0 saturated carbocycles. The van der Waals surface area contributed by atoms with Crippen LogP contribution in [-0.2, 0) is 9.53 Å². The van der Waals surface area contributed by atoms with Gasteiger partial charge in [0.25, 0.3) is 0 Å². The first-order valence-electron chi connectivity index (χ1n) is 5.72. The number of rotatable bonds is 6. The van der Waals surface area contributed by atoms with Crippen LogP contribution in [0.3, 0.4) is 0 Å². The van der Waals surface area contributed by atoms with E-state index in [0.29, 0.717) is 6.42 Å². The van der Waals surface area contributed by atoms with Crippen molar-refractivity contribution in [3.8, 4) is 0 Å². The third-order valence-corrected chi connectivity index (χ3v) is 2.49. The number of ether oxygens (including phenoxy) is 1. The van der Waals surface area contributed by atoms with E-state index < -0.39 is 0 Å². The van der Waals surface area contributed by atoms with Gasteiger partial charge in [0.1, 0.15) is 0 Å². The van der Waals surface area contributed by atoms with Gasteiger partial charge in [-0.25, -0.2) is 0 Å². The van der Waals surface area contributed by atoms with Crippen molar-refractivity contribution in [3.63, 3.8) is 0 Å². The van der Waals surface area contributed by atoms with Gasteiger partial charge < -0.3 is 15.0 Å². The SMILES string of the molecule is COC(=O)CCCNc1ccccc1N(C)C. The smallest absolute Gasteiger partial charge is 0.305 e. The molecule has 0 heterocycles. The van der Waals surface area contributed by atoms with Gasteiger partial charge in [-0.2, -0.15) is 0 Å². The maximum absolute atomic E-state index is 10.9. The summed E-state index contributed by atoms with van der Waals surface area (Å²) in [6.45, 7) is 0.764. The van der Waals surface area contributed by atoms with Crippen molar-refractivity contribution in [2.75, 3.05) is 38.0 Å². The number of methoxy groups -OCH3 is 1. The van der Waals surface area contributed by atoms with Crippen LogP contribution in [0.25, 0.3) is 0 Å². The highest BCUT2D eigenvalue weighted by atomic mass is 16.5. The fraction of sp³-hybridized carbons (Fsp3) is 0.462. The number of esters is 1. The number of carbonyl (C=O) groups is 1. The maximum atomic E-state index is 10.9. The van der Waals surface area contributed by atoms with E-state index in [1.807, 2.05) is 32.3 Å². The fourth-order valence-corrected chi connectivity index (χ4v) is 1.57. The molecule has 1 aromatic rings. The molecule has 4 nitrogen and oxygen atoms in total. The minimum Gasteiger partial charge on any atom is -0.469 e. The maximum Gasteiger partial charge on any atom is 0.305 e. The topological polar surface area (TPSA) is 41.6 Å². The second-order valence-electron chi connectivity index (χ2n) is 4.02. The van der Waals surface area contributed by atoms with Crippen molar-refractivity contribution in [2.45, 2.75) is 12.8 Å². The molecular formula is C13H20N2O2. The lowest BCUT2D eigenvalue weighted by molar-refractivity contribution is -0.140. The van der Waals surface area contributed by atoms with E-state index in [1.165, 1.54) is 7.11 Å². The van der Waals surface area contributed by atoms with E-state index in [4.69, 9.17) is 0 Å². The second-order valence-corrected chi connectivity index (χ2v) is 4.02. The van der Waals surface area contributed by atoms with Gasteiger partial charge >= 0.3 is 5.97 Å². The summed E-state index contributed by atoms with van der Waals surface area (Å²) in [7, 11) is 5.43. The molecule has 0 atom stereocenters. The molecule has 1 aromatic carbocycles. The molecule has 17 heavy (non-hydrogen) atoms. The van der Waals surface area contributed by atoms with Crippen molar-refractivity contribution < 1.29 is 9.53 Å². The predicted octanol–water partition coefficient (Wildman–Crippen LogP) is 2.12. The molecule has 0 fully saturated rings. The molecule has 1 N–H and O–H groups in total. The predicted molar refractivity (Wildman–Crippen MR) is 70.5 cm³/mol. The van der Waals surface area contributed by atoms with Crippen LogP contribution in [0.15, 0.2) is 24.3 Å². The van der Waals surface area contributed by atoms with Gasteiger partial charge in [0.2, 0.25) is 0 Å². The van der Waals surface area contributed by atoms with Crippen LogP contribution in [0.2, 0.25) is 0 Å². The van der Waals surface area contributed by atoms with E-state index >= 15 is 0 Å². The number of benzene rings is 1. The molecule has 0 amide bonds. The van der Waals surface area contributed by atoms with Gasteiger partial charge in [0.05, 0.1) is 18.5 Å². The molecular weight excluding hydrogens is 216 g/mol. The van der Waals surface area contributed by atoms with Crippen LogP contribution in [-0.4, -0.2) is 33.7 Å². The Balaban J connectivity index is 2.44. The summed E-state index contributed by atoms with van der Waals surface area (Å²) in [6, 6.07) is 8.10. The van der Waals surface area contributed by atoms with Crippen molar-refractivity contribution in [2.24, 2.45) is 0 Å². The molecule has 1 rings (SSSR count). The third-order valence-electron chi connectivity index (χ3n) is 2.49. The highest BCUT2D eigenvalue weighted by Crippen LogP contribution is 2.23. The first-order chi connectivity index (χ1) is 8.15. The highest BCUT2D eigenvalue weighted by Gasteiger charge is 2.03. The van der Waals surface area contributed by atoms with E-state index in [0.717, 1.165) is 24.3 Å². The van der Waals surface area contributed by atoms with E-state index in [-0.39, 0.29) is 5.97 Å². The number of para-hydroxylation sites is 2. The van der Waals surface area contributed by atoms with E-state index in [9.17, 15) is 4.79 Å². The standard InChI is InChI=1S/C13H20N2O2/c1-15(2)12-8-5-4-7-11(12)14-10-6-9-13(16)17-3/h4-5,7-8,14H,6,9-10H2,1-3H3. The Morgan fingerprint density at radius 3 is 2.71 bits per heavy atom. The first kappa shape index (κ1) is 13.4. The van der Waals surface area contributed by atoms with Gasteiger partial charge in [-0.1, -0.05) is 12.1 Å². The van der Waals surface area contributed by atoms with Crippen LogP contribution >= 0.6 is 0 Å². The summed E-state index contributed by atoms with van der Waals surface area (Å²) in [5.41, 5.74) is 2.23. The van der Waals surface area contributed by atoms with E-state index in [2.05, 4.69) is 21.0 Å². The third kappa shape index (κ3) is 4.34. The largest absolute Gasteiger partial charge is 0.469 e. The molecule has 94 valence electrons. The normalized spacial score (nSPS) is 9.82. The monoisotopic (exact) mass is 236 g/mol. The highest BCUT2D eigenvalue weighted by molar-refractivity contribution is 5.70. The molecule has 0 unspecified atom stereocenters. The average Bonchev–Trinajstić information content (AvgIpc) is 2.34. The lowest BCUT2D eigenvalue weighted by Gasteiger charge is -2.18. The summed E-state index contributed by atoms with van der Waals surface area (Å²) in [5.74, 6) is -0.160. The fourth-order valence-electron chi connectivity index (χ4n) is 1.57. The quantitative estimate of drug-likeness (QED) is 0.607. The summed E-state index contributed by atoms with van der Waals surface area (Å²) in [6.07, 6.45) is 1.22. The summed E-state index contributed by atoms with van der Waals surface area (Å²) >= 11 is 0. The molecule has 0 saturated heterocycles. The Kier molecular flexibility index (Phi) is 5.33. The molecule has 0 aromatic heterocycles. The Labute approximate surface area is 103 Å². The van der Waals surface area contributed by atoms with Crippen molar-refractivity contribution >= 4 is 17.3 Å².